The third kappa shape index (κ3) is 4.66. The van der Waals surface area contributed by atoms with Gasteiger partial charge in [0.1, 0.15) is 6.61 Å². The number of esters is 1. The summed E-state index contributed by atoms with van der Waals surface area (Å²) in [5.74, 6) is -0.902. The van der Waals surface area contributed by atoms with Crippen molar-refractivity contribution in [1.29, 1.82) is 0 Å². The fraction of sp³-hybridized carbons (Fsp3) is 0.0588. The molecule has 0 radical (unpaired) electrons. The highest BCUT2D eigenvalue weighted by Gasteiger charge is 2.24. The number of hydrogen-bond donors (Lipinski definition) is 0. The minimum Gasteiger partial charge on any atom is -0.457 e. The molecule has 0 saturated heterocycles. The third-order valence-corrected chi connectivity index (χ3v) is 3.84. The largest absolute Gasteiger partial charge is 0.457 e. The van der Waals surface area contributed by atoms with E-state index in [2.05, 4.69) is 0 Å². The van der Waals surface area contributed by atoms with E-state index in [4.69, 9.17) is 39.5 Å². The van der Waals surface area contributed by atoms with Gasteiger partial charge < -0.3 is 4.74 Å². The maximum absolute atomic E-state index is 12.3. The fourth-order valence-electron chi connectivity index (χ4n) is 2.06. The van der Waals surface area contributed by atoms with Crippen molar-refractivity contribution in [3.63, 3.8) is 0 Å². The molecule has 0 saturated carbocycles. The van der Waals surface area contributed by atoms with E-state index in [1.807, 2.05) is 0 Å². The molecule has 2 aromatic carbocycles. The Labute approximate surface area is 157 Å². The minimum atomic E-state index is -1.02. The van der Waals surface area contributed by atoms with E-state index in [0.717, 1.165) is 17.7 Å². The van der Waals surface area contributed by atoms with E-state index in [9.17, 15) is 19.2 Å². The number of carbonyl (C=O) groups excluding carboxylic acids is 4. The molecular formula is C17H9Cl3O5. The lowest BCUT2D eigenvalue weighted by Gasteiger charge is -2.11. The van der Waals surface area contributed by atoms with Crippen LogP contribution in [0.5, 0.6) is 0 Å². The first-order chi connectivity index (χ1) is 11.8. The van der Waals surface area contributed by atoms with Gasteiger partial charge in [-0.3, -0.25) is 14.4 Å². The van der Waals surface area contributed by atoms with Gasteiger partial charge in [0.15, 0.2) is 0 Å². The van der Waals surface area contributed by atoms with Crippen molar-refractivity contribution < 1.29 is 23.9 Å². The molecule has 0 N–H and O–H groups in total. The second kappa shape index (κ2) is 8.25. The van der Waals surface area contributed by atoms with Gasteiger partial charge in [0.2, 0.25) is 0 Å². The number of carbonyl (C=O) groups is 4. The number of rotatable bonds is 6. The molecule has 0 atom stereocenters. The van der Waals surface area contributed by atoms with Gasteiger partial charge in [-0.15, -0.1) is 0 Å². The molecule has 128 valence electrons. The first-order valence-electron chi connectivity index (χ1n) is 6.80. The minimum absolute atomic E-state index is 0.0596. The van der Waals surface area contributed by atoms with Crippen LogP contribution in [0.4, 0.5) is 0 Å². The first-order valence-corrected chi connectivity index (χ1v) is 7.93. The highest BCUT2D eigenvalue weighted by molar-refractivity contribution is 6.72. The van der Waals surface area contributed by atoms with Gasteiger partial charge in [-0.05, 0) is 52.5 Å². The third-order valence-electron chi connectivity index (χ3n) is 3.23. The molecule has 0 spiro atoms. The Hall–Kier alpha value is -2.21. The molecule has 2 aromatic rings. The monoisotopic (exact) mass is 398 g/mol. The quantitative estimate of drug-likeness (QED) is 0.538. The van der Waals surface area contributed by atoms with Crippen molar-refractivity contribution in [2.45, 2.75) is 6.61 Å². The summed E-state index contributed by atoms with van der Waals surface area (Å²) in [7, 11) is 0. The lowest BCUT2D eigenvalue weighted by Crippen LogP contribution is -2.14. The van der Waals surface area contributed by atoms with Crippen LogP contribution >= 0.6 is 34.8 Å². The van der Waals surface area contributed by atoms with Gasteiger partial charge in [-0.1, -0.05) is 30.3 Å². The Balaban J connectivity index is 2.42. The van der Waals surface area contributed by atoms with Gasteiger partial charge in [0.25, 0.3) is 15.7 Å². The molecule has 0 unspecified atom stereocenters. The summed E-state index contributed by atoms with van der Waals surface area (Å²) < 4.78 is 5.12. The molecule has 25 heavy (non-hydrogen) atoms. The molecule has 0 fully saturated rings. The molecule has 0 aliphatic heterocycles. The lowest BCUT2D eigenvalue weighted by atomic mass is 9.99. The van der Waals surface area contributed by atoms with Crippen LogP contribution < -0.4 is 0 Å². The van der Waals surface area contributed by atoms with Crippen LogP contribution in [0, 0.1) is 0 Å². The van der Waals surface area contributed by atoms with E-state index in [0.29, 0.717) is 0 Å². The average Bonchev–Trinajstić information content (AvgIpc) is 2.59. The summed E-state index contributed by atoms with van der Waals surface area (Å²) in [6, 6.07) is 10.7. The van der Waals surface area contributed by atoms with Crippen molar-refractivity contribution >= 4 is 56.5 Å². The van der Waals surface area contributed by atoms with Gasteiger partial charge in [-0.2, -0.15) is 0 Å². The first kappa shape index (κ1) is 19.1. The maximum atomic E-state index is 12.3. The van der Waals surface area contributed by atoms with Crippen molar-refractivity contribution in [3.8, 4) is 0 Å². The molecule has 2 rings (SSSR count). The summed E-state index contributed by atoms with van der Waals surface area (Å²) in [4.78, 5) is 46.8. The second-order valence-corrected chi connectivity index (χ2v) is 5.86. The van der Waals surface area contributed by atoms with Gasteiger partial charge >= 0.3 is 5.97 Å². The molecule has 0 aliphatic carbocycles. The molecule has 8 heteroatoms. The predicted octanol–water partition coefficient (Wildman–Crippen LogP) is 4.18. The van der Waals surface area contributed by atoms with Crippen LogP contribution in [0.1, 0.15) is 47.0 Å². The molecular weight excluding hydrogens is 391 g/mol. The Morgan fingerprint density at radius 1 is 0.720 bits per heavy atom. The summed E-state index contributed by atoms with van der Waals surface area (Å²) >= 11 is 16.3. The van der Waals surface area contributed by atoms with E-state index in [-0.39, 0.29) is 28.9 Å². The normalized spacial score (nSPS) is 10.2. The Kier molecular flexibility index (Phi) is 6.31. The highest BCUT2D eigenvalue weighted by Crippen LogP contribution is 2.23. The predicted molar refractivity (Wildman–Crippen MR) is 92.6 cm³/mol. The van der Waals surface area contributed by atoms with Crippen molar-refractivity contribution in [1.82, 2.24) is 0 Å². The Morgan fingerprint density at radius 3 is 1.64 bits per heavy atom. The lowest BCUT2D eigenvalue weighted by molar-refractivity contribution is 0.0470. The SMILES string of the molecule is O=C(Cl)c1cc(C(=O)Cl)c(C(=O)OCc2ccccc2)cc1C(=O)Cl. The Morgan fingerprint density at radius 2 is 1.16 bits per heavy atom. The van der Waals surface area contributed by atoms with Crippen LogP contribution in [0.25, 0.3) is 0 Å². The van der Waals surface area contributed by atoms with E-state index < -0.39 is 21.7 Å². The summed E-state index contributed by atoms with van der Waals surface area (Å²) in [6.45, 7) is -0.0596. The zero-order valence-electron chi connectivity index (χ0n) is 12.4. The summed E-state index contributed by atoms with van der Waals surface area (Å²) in [5, 5.41) is -3.05. The summed E-state index contributed by atoms with van der Waals surface area (Å²) in [5.41, 5.74) is -0.539. The average molecular weight is 400 g/mol. The van der Waals surface area contributed by atoms with Crippen LogP contribution in [-0.4, -0.2) is 21.7 Å². The number of benzene rings is 2. The van der Waals surface area contributed by atoms with Crippen LogP contribution in [0.3, 0.4) is 0 Å². The maximum Gasteiger partial charge on any atom is 0.339 e. The van der Waals surface area contributed by atoms with E-state index in [1.54, 1.807) is 30.3 Å². The van der Waals surface area contributed by atoms with Crippen LogP contribution in [0.2, 0.25) is 0 Å². The molecule has 0 heterocycles. The van der Waals surface area contributed by atoms with E-state index in [1.165, 1.54) is 0 Å². The van der Waals surface area contributed by atoms with Crippen molar-refractivity contribution in [3.05, 3.63) is 70.3 Å². The zero-order chi connectivity index (χ0) is 18.6. The fourth-order valence-corrected chi connectivity index (χ4v) is 2.53. The highest BCUT2D eigenvalue weighted by atomic mass is 35.5. The molecule has 0 bridgehead atoms. The van der Waals surface area contributed by atoms with Gasteiger partial charge in [0, 0.05) is 16.7 Å². The molecule has 5 nitrogen and oxygen atoms in total. The number of halogens is 3. The van der Waals surface area contributed by atoms with Gasteiger partial charge in [0.05, 0.1) is 5.56 Å². The van der Waals surface area contributed by atoms with Crippen molar-refractivity contribution in [2.24, 2.45) is 0 Å². The number of hydrogen-bond acceptors (Lipinski definition) is 5. The second-order valence-electron chi connectivity index (χ2n) is 4.83. The Bertz CT molecular complexity index is 862. The smallest absolute Gasteiger partial charge is 0.339 e. The van der Waals surface area contributed by atoms with Gasteiger partial charge in [-0.25, -0.2) is 4.79 Å². The zero-order valence-corrected chi connectivity index (χ0v) is 14.7. The van der Waals surface area contributed by atoms with E-state index >= 15 is 0 Å². The van der Waals surface area contributed by atoms with Crippen molar-refractivity contribution in [2.75, 3.05) is 0 Å². The van der Waals surface area contributed by atoms with Crippen LogP contribution in [0.15, 0.2) is 42.5 Å². The topological polar surface area (TPSA) is 77.5 Å². The molecule has 0 aromatic heterocycles. The molecule has 0 amide bonds. The standard InChI is InChI=1S/C17H9Cl3O5/c18-14(21)10-6-12(16(20)23)13(7-11(10)15(19)22)17(24)25-8-9-4-2-1-3-5-9/h1-7H,8H2. The van der Waals surface area contributed by atoms with Crippen LogP contribution in [-0.2, 0) is 11.3 Å². The number of ether oxygens (including phenoxy) is 1. The molecule has 0 aliphatic rings. The summed E-state index contributed by atoms with van der Waals surface area (Å²) in [6.07, 6.45) is 0.